The molecule has 1 saturated heterocycles. The zero-order chi connectivity index (χ0) is 25.2. The molecule has 1 aromatic rings. The lowest BCUT2D eigenvalue weighted by Gasteiger charge is -2.48. The molecule has 0 aromatic heterocycles. The molecular formula is C30H33F3N2Si. The number of hydrogen-bond donors (Lipinski definition) is 1. The van der Waals surface area contributed by atoms with E-state index in [1.165, 1.54) is 12.1 Å². The predicted octanol–water partition coefficient (Wildman–Crippen LogP) is 6.95. The van der Waals surface area contributed by atoms with E-state index in [-0.39, 0.29) is 18.2 Å². The van der Waals surface area contributed by atoms with Gasteiger partial charge in [0.25, 0.3) is 0 Å². The fourth-order valence-corrected chi connectivity index (χ4v) is 12.8. The maximum atomic E-state index is 13.1. The van der Waals surface area contributed by atoms with E-state index in [0.29, 0.717) is 29.2 Å². The first-order valence-corrected chi connectivity index (χ1v) is 16.0. The van der Waals surface area contributed by atoms with Crippen molar-refractivity contribution in [1.29, 1.82) is 0 Å². The van der Waals surface area contributed by atoms with Crippen molar-refractivity contribution in [3.05, 3.63) is 102 Å². The van der Waals surface area contributed by atoms with Gasteiger partial charge in [-0.3, -0.25) is 5.32 Å². The topological polar surface area (TPSA) is 15.3 Å². The van der Waals surface area contributed by atoms with Gasteiger partial charge in [0.1, 0.15) is 8.24 Å². The molecule has 6 heteroatoms. The van der Waals surface area contributed by atoms with Crippen LogP contribution in [0, 0.1) is 23.7 Å². The number of halogens is 3. The summed E-state index contributed by atoms with van der Waals surface area (Å²) in [5, 5.41) is 3.83. The van der Waals surface area contributed by atoms with Crippen LogP contribution in [0.15, 0.2) is 91.1 Å². The SMILES string of the molecule is C[C@@H]1NC2C(c3ccc(C(F)(F)F)cc3)=CC=C[C@H]2N1[Si](C)(C)C1C2C=CC=CC2C2C=CC=CC21. The first-order valence-electron chi connectivity index (χ1n) is 13.0. The molecule has 2 nitrogen and oxygen atoms in total. The molecule has 0 radical (unpaired) electrons. The van der Waals surface area contributed by atoms with Crippen molar-refractivity contribution in [3.63, 3.8) is 0 Å². The number of nitrogens with zero attached hydrogens (tertiary/aromatic N) is 1. The van der Waals surface area contributed by atoms with Gasteiger partial charge in [-0.25, -0.2) is 0 Å². The molecule has 1 heterocycles. The highest BCUT2D eigenvalue weighted by Gasteiger charge is 2.59. The summed E-state index contributed by atoms with van der Waals surface area (Å²) in [4.78, 5) is 0. The lowest BCUT2D eigenvalue weighted by molar-refractivity contribution is -0.137. The molecule has 1 N–H and O–H groups in total. The molecule has 1 aromatic carbocycles. The quantitative estimate of drug-likeness (QED) is 0.446. The molecule has 0 spiro atoms. The largest absolute Gasteiger partial charge is 0.416 e. The first-order chi connectivity index (χ1) is 17.2. The van der Waals surface area contributed by atoms with Gasteiger partial charge in [0.05, 0.1) is 17.8 Å². The summed E-state index contributed by atoms with van der Waals surface area (Å²) in [6, 6.07) is 5.88. The standard InChI is InChI=1S/C30H33F3N2Si/c1-19-34-28-22(20-15-17-21(18-16-20)30(31,32)33)13-8-14-27(28)35(19)36(2,3)29-25-11-6-4-9-23(25)24-10-5-7-12-26(24)29/h4-19,23-29,34H,1-3H3/t19-,23?,24?,25?,26?,27-,28?,29?/m1/s1. The monoisotopic (exact) mass is 506 g/mol. The Kier molecular flexibility index (Phi) is 5.70. The van der Waals surface area contributed by atoms with Gasteiger partial charge in [0.15, 0.2) is 0 Å². The molecule has 4 aliphatic carbocycles. The van der Waals surface area contributed by atoms with Crippen LogP contribution in [-0.4, -0.2) is 31.1 Å². The molecule has 1 saturated carbocycles. The molecular weight excluding hydrogens is 473 g/mol. The predicted molar refractivity (Wildman–Crippen MR) is 142 cm³/mol. The lowest BCUT2D eigenvalue weighted by Crippen LogP contribution is -2.59. The van der Waals surface area contributed by atoms with E-state index in [4.69, 9.17) is 0 Å². The summed E-state index contributed by atoms with van der Waals surface area (Å²) in [6.07, 6.45) is 20.9. The van der Waals surface area contributed by atoms with Crippen LogP contribution in [0.2, 0.25) is 18.6 Å². The van der Waals surface area contributed by atoms with Crippen molar-refractivity contribution in [2.45, 2.75) is 50.0 Å². The second kappa shape index (κ2) is 8.57. The third-order valence-corrected chi connectivity index (χ3v) is 13.6. The van der Waals surface area contributed by atoms with Gasteiger partial charge >= 0.3 is 6.18 Å². The van der Waals surface area contributed by atoms with Crippen molar-refractivity contribution in [1.82, 2.24) is 9.88 Å². The summed E-state index contributed by atoms with van der Waals surface area (Å²) < 4.78 is 42.2. The molecule has 188 valence electrons. The Morgan fingerprint density at radius 3 is 1.89 bits per heavy atom. The number of alkyl halides is 3. The normalized spacial score (nSPS) is 37.1. The van der Waals surface area contributed by atoms with E-state index in [1.807, 2.05) is 0 Å². The average Bonchev–Trinajstić information content (AvgIpc) is 3.38. The number of rotatable bonds is 3. The van der Waals surface area contributed by atoms with Gasteiger partial charge in [-0.05, 0) is 59.4 Å². The minimum Gasteiger partial charge on any atom is -0.301 e. The first kappa shape index (κ1) is 24.0. The van der Waals surface area contributed by atoms with Gasteiger partial charge < -0.3 is 4.57 Å². The van der Waals surface area contributed by atoms with Gasteiger partial charge in [0.2, 0.25) is 0 Å². The number of allylic oxidation sites excluding steroid dienone is 10. The smallest absolute Gasteiger partial charge is 0.301 e. The van der Waals surface area contributed by atoms with E-state index >= 15 is 0 Å². The Labute approximate surface area is 212 Å². The highest BCUT2D eigenvalue weighted by atomic mass is 28.3. The van der Waals surface area contributed by atoms with Crippen molar-refractivity contribution < 1.29 is 13.2 Å². The Hall–Kier alpha value is -2.41. The second-order valence-electron chi connectivity index (χ2n) is 11.3. The van der Waals surface area contributed by atoms with Crippen LogP contribution in [0.3, 0.4) is 0 Å². The Morgan fingerprint density at radius 2 is 1.33 bits per heavy atom. The minimum absolute atomic E-state index is 0.0603. The molecule has 6 rings (SSSR count). The van der Waals surface area contributed by atoms with Gasteiger partial charge in [-0.2, -0.15) is 13.2 Å². The molecule has 7 atom stereocenters. The maximum absolute atomic E-state index is 13.1. The summed E-state index contributed by atoms with van der Waals surface area (Å²) in [5.41, 5.74) is 1.89. The van der Waals surface area contributed by atoms with Crippen molar-refractivity contribution in [3.8, 4) is 0 Å². The summed E-state index contributed by atoms with van der Waals surface area (Å²) in [6.45, 7) is 7.31. The van der Waals surface area contributed by atoms with Crippen LogP contribution in [0.5, 0.6) is 0 Å². The third-order valence-electron chi connectivity index (χ3n) is 9.16. The number of fused-ring (bicyclic) bond motifs is 4. The van der Waals surface area contributed by atoms with Gasteiger partial charge in [-0.1, -0.05) is 92.1 Å². The minimum atomic E-state index is -4.32. The van der Waals surface area contributed by atoms with Crippen LogP contribution in [0.4, 0.5) is 13.2 Å². The number of hydrogen-bond acceptors (Lipinski definition) is 2. The lowest BCUT2D eigenvalue weighted by atomic mass is 9.83. The third kappa shape index (κ3) is 3.68. The number of benzene rings is 1. The molecule has 36 heavy (non-hydrogen) atoms. The van der Waals surface area contributed by atoms with Gasteiger partial charge in [-0.15, -0.1) is 0 Å². The number of nitrogens with one attached hydrogen (secondary N) is 1. The van der Waals surface area contributed by atoms with Crippen molar-refractivity contribution in [2.24, 2.45) is 23.7 Å². The Balaban J connectivity index is 1.32. The maximum Gasteiger partial charge on any atom is 0.416 e. The van der Waals surface area contributed by atoms with Crippen LogP contribution >= 0.6 is 0 Å². The Morgan fingerprint density at radius 1 is 0.778 bits per heavy atom. The van der Waals surface area contributed by atoms with Crippen LogP contribution in [0.1, 0.15) is 18.1 Å². The second-order valence-corrected chi connectivity index (χ2v) is 15.8. The fourth-order valence-electron chi connectivity index (χ4n) is 7.86. The van der Waals surface area contributed by atoms with E-state index in [1.54, 1.807) is 12.1 Å². The molecule has 2 fully saturated rings. The van der Waals surface area contributed by atoms with Crippen LogP contribution < -0.4 is 5.32 Å². The van der Waals surface area contributed by atoms with E-state index < -0.39 is 20.0 Å². The zero-order valence-corrected chi connectivity index (χ0v) is 21.9. The highest BCUT2D eigenvalue weighted by molar-refractivity contribution is 6.76. The molecule has 5 unspecified atom stereocenters. The van der Waals surface area contributed by atoms with Gasteiger partial charge in [0, 0.05) is 6.04 Å². The fraction of sp³-hybridized carbons (Fsp3) is 0.400. The summed E-state index contributed by atoms with van der Waals surface area (Å²) in [7, 11) is -2.02. The van der Waals surface area contributed by atoms with E-state index in [2.05, 4.69) is 96.7 Å². The van der Waals surface area contributed by atoms with E-state index in [9.17, 15) is 13.2 Å². The molecule has 0 bridgehead atoms. The summed E-state index contributed by atoms with van der Waals surface area (Å²) >= 11 is 0. The summed E-state index contributed by atoms with van der Waals surface area (Å²) in [5.74, 6) is 2.15. The highest BCUT2D eigenvalue weighted by Crippen LogP contribution is 2.59. The van der Waals surface area contributed by atoms with Crippen molar-refractivity contribution >= 4 is 13.8 Å². The van der Waals surface area contributed by atoms with Crippen molar-refractivity contribution in [2.75, 3.05) is 0 Å². The average molecular weight is 507 g/mol. The molecule has 0 amide bonds. The van der Waals surface area contributed by atoms with Crippen LogP contribution in [0.25, 0.3) is 5.57 Å². The Bertz CT molecular complexity index is 1170. The molecule has 5 aliphatic rings. The zero-order valence-electron chi connectivity index (χ0n) is 20.9. The molecule has 1 aliphatic heterocycles. The van der Waals surface area contributed by atoms with E-state index in [0.717, 1.165) is 11.1 Å². The van der Waals surface area contributed by atoms with Crippen LogP contribution in [-0.2, 0) is 6.18 Å².